The molecule has 0 bridgehead atoms. The standard InChI is InChI=1S/C22H27FNO2/c1-24(2,20-10-6-7-11-20)14-17-12-19(23)13-18-15-25-22(26-21(17)18)16-8-4-3-5-9-16/h3-5,8-9,12-13,20,22H,6-7,10-11,14-15H2,1-2H3/q+1/t22-/m1/s1. The lowest BCUT2D eigenvalue weighted by molar-refractivity contribution is -0.927. The Morgan fingerprint density at radius 3 is 2.54 bits per heavy atom. The van der Waals surface area contributed by atoms with Gasteiger partial charge in [0.1, 0.15) is 18.1 Å². The molecule has 1 aliphatic heterocycles. The lowest BCUT2D eigenvalue weighted by Gasteiger charge is -2.37. The zero-order valence-electron chi connectivity index (χ0n) is 15.6. The van der Waals surface area contributed by atoms with E-state index in [1.54, 1.807) is 6.07 Å². The summed E-state index contributed by atoms with van der Waals surface area (Å²) < 4.78 is 27.1. The third-order valence-electron chi connectivity index (χ3n) is 5.79. The summed E-state index contributed by atoms with van der Waals surface area (Å²) in [5.74, 6) is 0.589. The van der Waals surface area contributed by atoms with Crippen LogP contribution >= 0.6 is 0 Å². The van der Waals surface area contributed by atoms with E-state index < -0.39 is 6.29 Å². The lowest BCUT2D eigenvalue weighted by Crippen LogP contribution is -2.46. The summed E-state index contributed by atoms with van der Waals surface area (Å²) in [6.45, 7) is 1.14. The van der Waals surface area contributed by atoms with Crippen LogP contribution in [0.25, 0.3) is 0 Å². The van der Waals surface area contributed by atoms with Crippen LogP contribution < -0.4 is 4.74 Å². The lowest BCUT2D eigenvalue weighted by atomic mass is 10.0. The van der Waals surface area contributed by atoms with Crippen molar-refractivity contribution in [2.24, 2.45) is 0 Å². The van der Waals surface area contributed by atoms with Gasteiger partial charge in [0.25, 0.3) is 0 Å². The molecule has 0 unspecified atom stereocenters. The number of quaternary nitrogens is 1. The third kappa shape index (κ3) is 3.49. The Kier molecular flexibility index (Phi) is 4.72. The predicted octanol–water partition coefficient (Wildman–Crippen LogP) is 4.95. The van der Waals surface area contributed by atoms with Gasteiger partial charge in [-0.25, -0.2) is 4.39 Å². The predicted molar refractivity (Wildman–Crippen MR) is 99.1 cm³/mol. The summed E-state index contributed by atoms with van der Waals surface area (Å²) in [6, 6.07) is 13.7. The highest BCUT2D eigenvalue weighted by Crippen LogP contribution is 2.38. The molecule has 0 amide bonds. The summed E-state index contributed by atoms with van der Waals surface area (Å²) in [7, 11) is 4.50. The van der Waals surface area contributed by atoms with Crippen LogP contribution in [0.5, 0.6) is 5.75 Å². The van der Waals surface area contributed by atoms with E-state index in [2.05, 4.69) is 14.1 Å². The van der Waals surface area contributed by atoms with Crippen LogP contribution in [0.1, 0.15) is 48.7 Å². The minimum atomic E-state index is -0.435. The summed E-state index contributed by atoms with van der Waals surface area (Å²) >= 11 is 0. The minimum Gasteiger partial charge on any atom is -0.460 e. The molecule has 1 atom stereocenters. The molecule has 1 fully saturated rings. The van der Waals surface area contributed by atoms with Gasteiger partial charge < -0.3 is 14.0 Å². The summed E-state index contributed by atoms with van der Waals surface area (Å²) in [5, 5.41) is 0. The van der Waals surface area contributed by atoms with Gasteiger partial charge in [-0.05, 0) is 37.8 Å². The van der Waals surface area contributed by atoms with Gasteiger partial charge in [-0.1, -0.05) is 30.3 Å². The molecule has 2 aliphatic rings. The monoisotopic (exact) mass is 356 g/mol. The summed E-state index contributed by atoms with van der Waals surface area (Å²) in [5.41, 5.74) is 2.73. The molecule has 4 heteroatoms. The summed E-state index contributed by atoms with van der Waals surface area (Å²) in [4.78, 5) is 0. The van der Waals surface area contributed by atoms with Crippen molar-refractivity contribution in [3.05, 3.63) is 65.0 Å². The molecular weight excluding hydrogens is 329 g/mol. The van der Waals surface area contributed by atoms with E-state index in [1.807, 2.05) is 30.3 Å². The van der Waals surface area contributed by atoms with Gasteiger partial charge in [0.15, 0.2) is 0 Å². The highest BCUT2D eigenvalue weighted by Gasteiger charge is 2.34. The quantitative estimate of drug-likeness (QED) is 0.722. The first-order valence-corrected chi connectivity index (χ1v) is 9.50. The molecule has 0 N–H and O–H groups in total. The Morgan fingerprint density at radius 1 is 1.08 bits per heavy atom. The number of ether oxygens (including phenoxy) is 2. The third-order valence-corrected chi connectivity index (χ3v) is 5.79. The second-order valence-electron chi connectivity index (χ2n) is 8.10. The largest absolute Gasteiger partial charge is 0.460 e. The second kappa shape index (κ2) is 7.01. The Labute approximate surface area is 154 Å². The molecule has 0 radical (unpaired) electrons. The normalized spacial score (nSPS) is 20.7. The molecule has 26 heavy (non-hydrogen) atoms. The van der Waals surface area contributed by atoms with E-state index in [9.17, 15) is 4.39 Å². The van der Waals surface area contributed by atoms with Crippen LogP contribution in [-0.2, 0) is 17.9 Å². The van der Waals surface area contributed by atoms with Crippen molar-refractivity contribution in [2.75, 3.05) is 14.1 Å². The molecule has 2 aromatic rings. The van der Waals surface area contributed by atoms with Gasteiger partial charge in [0.2, 0.25) is 6.29 Å². The van der Waals surface area contributed by atoms with Crippen LogP contribution in [-0.4, -0.2) is 24.6 Å². The Balaban J connectivity index is 1.63. The number of rotatable bonds is 4. The highest BCUT2D eigenvalue weighted by molar-refractivity contribution is 5.43. The van der Waals surface area contributed by atoms with E-state index in [4.69, 9.17) is 9.47 Å². The second-order valence-corrected chi connectivity index (χ2v) is 8.10. The van der Waals surface area contributed by atoms with Gasteiger partial charge in [0.05, 0.1) is 32.3 Å². The fourth-order valence-corrected chi connectivity index (χ4v) is 4.34. The number of halogens is 1. The molecule has 4 rings (SSSR count). The van der Waals surface area contributed by atoms with Gasteiger partial charge >= 0.3 is 0 Å². The first-order chi connectivity index (χ1) is 12.5. The zero-order valence-corrected chi connectivity index (χ0v) is 15.6. The topological polar surface area (TPSA) is 18.5 Å². The van der Waals surface area contributed by atoms with Crippen molar-refractivity contribution < 1.29 is 18.3 Å². The molecule has 1 heterocycles. The average molecular weight is 356 g/mol. The Hall–Kier alpha value is -1.91. The maximum absolute atomic E-state index is 14.2. The van der Waals surface area contributed by atoms with Crippen molar-refractivity contribution in [1.29, 1.82) is 0 Å². The van der Waals surface area contributed by atoms with Gasteiger partial charge in [-0.2, -0.15) is 0 Å². The van der Waals surface area contributed by atoms with Crippen LogP contribution in [0.3, 0.4) is 0 Å². The van der Waals surface area contributed by atoms with Crippen molar-refractivity contribution in [3.63, 3.8) is 0 Å². The van der Waals surface area contributed by atoms with E-state index in [1.165, 1.54) is 31.7 Å². The van der Waals surface area contributed by atoms with Crippen LogP contribution in [0.4, 0.5) is 4.39 Å². The molecule has 1 saturated carbocycles. The fraction of sp³-hybridized carbons (Fsp3) is 0.455. The zero-order chi connectivity index (χ0) is 18.1. The van der Waals surface area contributed by atoms with E-state index >= 15 is 0 Å². The van der Waals surface area contributed by atoms with E-state index in [0.717, 1.165) is 33.5 Å². The number of nitrogens with zero attached hydrogens (tertiary/aromatic N) is 1. The Bertz CT molecular complexity index is 769. The van der Waals surface area contributed by atoms with Crippen LogP contribution in [0, 0.1) is 5.82 Å². The molecule has 0 saturated heterocycles. The SMILES string of the molecule is C[N+](C)(Cc1cc(F)cc2c1O[C@H](c1ccccc1)OC2)C1CCCC1. The van der Waals surface area contributed by atoms with E-state index in [-0.39, 0.29) is 5.82 Å². The van der Waals surface area contributed by atoms with Gasteiger partial charge in [-0.15, -0.1) is 0 Å². The fourth-order valence-electron chi connectivity index (χ4n) is 4.34. The molecule has 138 valence electrons. The smallest absolute Gasteiger partial charge is 0.227 e. The molecule has 0 spiro atoms. The Morgan fingerprint density at radius 2 is 1.81 bits per heavy atom. The first kappa shape index (κ1) is 17.5. The molecule has 3 nitrogen and oxygen atoms in total. The van der Waals surface area contributed by atoms with Crippen molar-refractivity contribution in [3.8, 4) is 5.75 Å². The summed E-state index contributed by atoms with van der Waals surface area (Å²) in [6.07, 6.45) is 4.67. The number of fused-ring (bicyclic) bond motifs is 1. The number of benzene rings is 2. The maximum atomic E-state index is 14.2. The molecule has 0 aromatic heterocycles. The van der Waals surface area contributed by atoms with Crippen molar-refractivity contribution in [2.45, 2.75) is 51.2 Å². The molecular formula is C22H27FNO2+. The van der Waals surface area contributed by atoms with E-state index in [0.29, 0.717) is 12.6 Å². The average Bonchev–Trinajstić information content (AvgIpc) is 3.17. The first-order valence-electron chi connectivity index (χ1n) is 9.50. The minimum absolute atomic E-state index is 0.212. The van der Waals surface area contributed by atoms with Crippen LogP contribution in [0.2, 0.25) is 0 Å². The molecule has 1 aliphatic carbocycles. The number of hydrogen-bond donors (Lipinski definition) is 0. The van der Waals surface area contributed by atoms with Crippen molar-refractivity contribution >= 4 is 0 Å². The van der Waals surface area contributed by atoms with Crippen molar-refractivity contribution in [1.82, 2.24) is 0 Å². The molecule has 2 aromatic carbocycles. The highest BCUT2D eigenvalue weighted by atomic mass is 19.1. The van der Waals surface area contributed by atoms with Gasteiger partial charge in [-0.3, -0.25) is 0 Å². The number of hydrogen-bond acceptors (Lipinski definition) is 2. The maximum Gasteiger partial charge on any atom is 0.227 e. The van der Waals surface area contributed by atoms with Gasteiger partial charge in [0, 0.05) is 11.1 Å². The van der Waals surface area contributed by atoms with Crippen LogP contribution in [0.15, 0.2) is 42.5 Å².